The van der Waals surface area contributed by atoms with Gasteiger partial charge in [0.2, 0.25) is 0 Å². The SMILES string of the molecule is Cl.O=c1[nH]c2cc(Cl)ccc2n1C1CCN(C2CCC(c3ccc(F)cc3)(c3ccc(F)cc3)CC2)CC1. The Balaban J connectivity index is 0.00000294. The molecule has 0 amide bonds. The van der Waals surface area contributed by atoms with E-state index in [9.17, 15) is 13.6 Å². The minimum absolute atomic E-state index is 0. The van der Waals surface area contributed by atoms with Gasteiger partial charge in [-0.05, 0) is 92.1 Å². The number of piperidine rings is 1. The number of likely N-dealkylation sites (tertiary alicyclic amines) is 1. The molecular weight excluding hydrogens is 527 g/mol. The van der Waals surface area contributed by atoms with Crippen LogP contribution in [-0.4, -0.2) is 33.6 Å². The number of hydrogen-bond acceptors (Lipinski definition) is 2. The summed E-state index contributed by atoms with van der Waals surface area (Å²) in [4.78, 5) is 18.2. The van der Waals surface area contributed by atoms with E-state index in [4.69, 9.17) is 11.6 Å². The summed E-state index contributed by atoms with van der Waals surface area (Å²) in [5, 5.41) is 0.616. The van der Waals surface area contributed by atoms with E-state index in [0.29, 0.717) is 11.1 Å². The molecule has 1 aliphatic carbocycles. The lowest BCUT2D eigenvalue weighted by Crippen LogP contribution is -2.46. The average Bonchev–Trinajstić information content (AvgIpc) is 3.24. The Morgan fingerprint density at radius 2 is 1.34 bits per heavy atom. The van der Waals surface area contributed by atoms with E-state index in [1.54, 1.807) is 6.07 Å². The van der Waals surface area contributed by atoms with Crippen LogP contribution in [0.5, 0.6) is 0 Å². The number of aromatic nitrogens is 2. The quantitative estimate of drug-likeness (QED) is 0.287. The molecule has 4 aromatic rings. The number of aromatic amines is 1. The monoisotopic (exact) mass is 557 g/mol. The molecule has 1 saturated carbocycles. The molecule has 0 atom stereocenters. The maximum Gasteiger partial charge on any atom is 0.326 e. The molecule has 0 spiro atoms. The van der Waals surface area contributed by atoms with Gasteiger partial charge in [-0.25, -0.2) is 13.6 Å². The highest BCUT2D eigenvalue weighted by Gasteiger charge is 2.40. The number of hydrogen-bond donors (Lipinski definition) is 1. The zero-order chi connectivity index (χ0) is 25.6. The van der Waals surface area contributed by atoms with Crippen LogP contribution >= 0.6 is 24.0 Å². The van der Waals surface area contributed by atoms with Crippen LogP contribution in [0.2, 0.25) is 5.02 Å². The minimum atomic E-state index is -0.244. The van der Waals surface area contributed by atoms with Crippen molar-refractivity contribution in [1.82, 2.24) is 14.5 Å². The van der Waals surface area contributed by atoms with E-state index >= 15 is 0 Å². The normalized spacial score (nSPS) is 18.9. The van der Waals surface area contributed by atoms with Gasteiger partial charge in [-0.2, -0.15) is 0 Å². The summed E-state index contributed by atoms with van der Waals surface area (Å²) in [6.45, 7) is 1.89. The van der Waals surface area contributed by atoms with Crippen molar-refractivity contribution in [2.75, 3.05) is 13.1 Å². The molecule has 0 bridgehead atoms. The van der Waals surface area contributed by atoms with Crippen molar-refractivity contribution in [3.8, 4) is 0 Å². The lowest BCUT2D eigenvalue weighted by atomic mass is 9.64. The summed E-state index contributed by atoms with van der Waals surface area (Å²) >= 11 is 6.11. The number of benzene rings is 3. The number of H-pyrrole nitrogens is 1. The molecule has 2 fully saturated rings. The van der Waals surface area contributed by atoms with E-state index in [1.165, 1.54) is 24.3 Å². The highest BCUT2D eigenvalue weighted by atomic mass is 35.5. The lowest BCUT2D eigenvalue weighted by molar-refractivity contribution is 0.0948. The molecule has 1 aromatic heterocycles. The number of fused-ring (bicyclic) bond motifs is 1. The fourth-order valence-corrected chi connectivity index (χ4v) is 6.89. The van der Waals surface area contributed by atoms with Gasteiger partial charge in [0.1, 0.15) is 11.6 Å². The molecule has 2 aliphatic rings. The molecule has 0 unspecified atom stereocenters. The first-order chi connectivity index (χ1) is 17.9. The Morgan fingerprint density at radius 1 is 0.789 bits per heavy atom. The topological polar surface area (TPSA) is 41.0 Å². The Bertz CT molecular complexity index is 1400. The van der Waals surface area contributed by atoms with Gasteiger partial charge in [-0.3, -0.25) is 4.57 Å². The zero-order valence-electron chi connectivity index (χ0n) is 21.0. The molecule has 3 aromatic carbocycles. The highest BCUT2D eigenvalue weighted by molar-refractivity contribution is 6.31. The van der Waals surface area contributed by atoms with Crippen LogP contribution < -0.4 is 5.69 Å². The second-order valence-corrected chi connectivity index (χ2v) is 11.0. The van der Waals surface area contributed by atoms with E-state index in [0.717, 1.165) is 73.8 Å². The van der Waals surface area contributed by atoms with Crippen molar-refractivity contribution >= 4 is 35.0 Å². The van der Waals surface area contributed by atoms with Crippen molar-refractivity contribution in [3.05, 3.63) is 105 Å². The molecule has 200 valence electrons. The van der Waals surface area contributed by atoms with Crippen LogP contribution in [0.1, 0.15) is 55.7 Å². The molecule has 2 heterocycles. The first kappa shape index (κ1) is 26.9. The van der Waals surface area contributed by atoms with Gasteiger partial charge in [0.05, 0.1) is 11.0 Å². The second-order valence-electron chi connectivity index (χ2n) is 10.6. The Labute approximate surface area is 232 Å². The Morgan fingerprint density at radius 3 is 1.89 bits per heavy atom. The molecule has 38 heavy (non-hydrogen) atoms. The standard InChI is InChI=1S/C30H30ClF2N3O.ClH/c31-22-5-10-28-27(19-22)34-29(37)36(28)26-13-17-35(18-14-26)25-11-15-30(16-12-25,20-1-6-23(32)7-2-20)21-3-8-24(33)9-4-21;/h1-10,19,25-26H,11-18H2,(H,34,37);1H. The van der Waals surface area contributed by atoms with Crippen LogP contribution in [0.4, 0.5) is 8.78 Å². The predicted octanol–water partition coefficient (Wildman–Crippen LogP) is 7.25. The van der Waals surface area contributed by atoms with E-state index in [2.05, 4.69) is 9.88 Å². The molecular formula is C30H31Cl2F2N3O. The number of nitrogens with one attached hydrogen (secondary N) is 1. The molecule has 0 radical (unpaired) electrons. The van der Waals surface area contributed by atoms with Crippen molar-refractivity contribution in [2.24, 2.45) is 0 Å². The Hall–Kier alpha value is -2.67. The first-order valence-electron chi connectivity index (χ1n) is 13.1. The van der Waals surface area contributed by atoms with Gasteiger partial charge in [0.25, 0.3) is 0 Å². The summed E-state index contributed by atoms with van der Waals surface area (Å²) in [6, 6.07) is 19.8. The van der Waals surface area contributed by atoms with Gasteiger partial charge in [-0.1, -0.05) is 35.9 Å². The largest absolute Gasteiger partial charge is 0.326 e. The van der Waals surface area contributed by atoms with E-state index in [-0.39, 0.29) is 41.2 Å². The first-order valence-corrected chi connectivity index (χ1v) is 13.5. The number of halogens is 4. The van der Waals surface area contributed by atoms with Crippen molar-refractivity contribution < 1.29 is 8.78 Å². The highest BCUT2D eigenvalue weighted by Crippen LogP contribution is 2.46. The van der Waals surface area contributed by atoms with Crippen LogP contribution in [0.15, 0.2) is 71.5 Å². The third kappa shape index (κ3) is 4.90. The molecule has 1 aliphatic heterocycles. The summed E-state index contributed by atoms with van der Waals surface area (Å²) in [6.07, 6.45) is 5.74. The lowest BCUT2D eigenvalue weighted by Gasteiger charge is -2.46. The summed E-state index contributed by atoms with van der Waals surface area (Å²) in [5.41, 5.74) is 3.57. The van der Waals surface area contributed by atoms with Gasteiger partial charge in [-0.15, -0.1) is 12.4 Å². The molecule has 6 rings (SSSR count). The van der Waals surface area contributed by atoms with Crippen LogP contribution in [-0.2, 0) is 5.41 Å². The summed E-state index contributed by atoms with van der Waals surface area (Å²) in [5.74, 6) is -0.487. The molecule has 1 saturated heterocycles. The predicted molar refractivity (Wildman–Crippen MR) is 150 cm³/mol. The van der Waals surface area contributed by atoms with Gasteiger partial charge in [0, 0.05) is 35.6 Å². The van der Waals surface area contributed by atoms with Crippen molar-refractivity contribution in [2.45, 2.75) is 56.0 Å². The third-order valence-electron chi connectivity index (χ3n) is 8.66. The van der Waals surface area contributed by atoms with E-state index < -0.39 is 0 Å². The van der Waals surface area contributed by atoms with Gasteiger partial charge >= 0.3 is 5.69 Å². The maximum absolute atomic E-state index is 13.7. The number of rotatable bonds is 4. The van der Waals surface area contributed by atoms with Crippen LogP contribution in [0.3, 0.4) is 0 Å². The van der Waals surface area contributed by atoms with Crippen molar-refractivity contribution in [3.63, 3.8) is 0 Å². The van der Waals surface area contributed by atoms with Crippen molar-refractivity contribution in [1.29, 1.82) is 0 Å². The third-order valence-corrected chi connectivity index (χ3v) is 8.90. The smallest absolute Gasteiger partial charge is 0.305 e. The van der Waals surface area contributed by atoms with Crippen LogP contribution in [0, 0.1) is 11.6 Å². The fraction of sp³-hybridized carbons (Fsp3) is 0.367. The van der Waals surface area contributed by atoms with Gasteiger partial charge < -0.3 is 9.88 Å². The molecule has 4 nitrogen and oxygen atoms in total. The number of nitrogens with zero attached hydrogens (tertiary/aromatic N) is 2. The summed E-state index contributed by atoms with van der Waals surface area (Å²) in [7, 11) is 0. The molecule has 8 heteroatoms. The maximum atomic E-state index is 13.7. The van der Waals surface area contributed by atoms with Gasteiger partial charge in [0.15, 0.2) is 0 Å². The zero-order valence-corrected chi connectivity index (χ0v) is 22.6. The second kappa shape index (κ2) is 10.8. The average molecular weight is 558 g/mol. The number of imidazole rings is 1. The van der Waals surface area contributed by atoms with Crippen LogP contribution in [0.25, 0.3) is 11.0 Å². The Kier molecular flexibility index (Phi) is 7.67. The minimum Gasteiger partial charge on any atom is -0.305 e. The summed E-state index contributed by atoms with van der Waals surface area (Å²) < 4.78 is 29.3. The molecule has 1 N–H and O–H groups in total. The fourth-order valence-electron chi connectivity index (χ4n) is 6.72. The van der Waals surface area contributed by atoms with E-state index in [1.807, 2.05) is 41.0 Å².